The van der Waals surface area contributed by atoms with E-state index in [9.17, 15) is 40.9 Å². The van der Waals surface area contributed by atoms with Crippen LogP contribution in [0.5, 0.6) is 23.0 Å². The molecule has 1 aliphatic rings. The first-order valence-electron chi connectivity index (χ1n) is 17.6. The summed E-state index contributed by atoms with van der Waals surface area (Å²) in [5.41, 5.74) is -0.970. The first-order chi connectivity index (χ1) is 28.0. The number of azo groups is 1. The highest BCUT2D eigenvalue weighted by Gasteiger charge is 2.36. The van der Waals surface area contributed by atoms with E-state index in [1.807, 2.05) is 0 Å². The topological polar surface area (TPSA) is 231 Å². The Morgan fingerprint density at radius 1 is 0.831 bits per heavy atom. The van der Waals surface area contributed by atoms with Crippen molar-refractivity contribution in [1.82, 2.24) is 9.21 Å². The maximum atomic E-state index is 14.0. The number of methoxy groups -OCH3 is 3. The van der Waals surface area contributed by atoms with Gasteiger partial charge in [0.25, 0.3) is 27.8 Å². The van der Waals surface area contributed by atoms with Gasteiger partial charge in [0.2, 0.25) is 10.0 Å². The zero-order valence-electron chi connectivity index (χ0n) is 32.0. The molecule has 0 radical (unpaired) electrons. The summed E-state index contributed by atoms with van der Waals surface area (Å²) < 4.78 is 80.8. The van der Waals surface area contributed by atoms with Crippen LogP contribution in [-0.4, -0.2) is 87.8 Å². The molecule has 0 bridgehead atoms. The van der Waals surface area contributed by atoms with Gasteiger partial charge in [-0.2, -0.15) is 12.7 Å². The Morgan fingerprint density at radius 3 is 2.03 bits per heavy atom. The SMILES string of the molecule is CCN(CC)S(=O)(=O)c1ccc(OC)c(N=Nc2c(O)c(C(=O)Nc3cc(Cl)c(OC)cc3OC)cc3cc(CN4C(=O)c5ccccc5C4=O)cc(S(=O)(=O)O)c23)c1. The summed E-state index contributed by atoms with van der Waals surface area (Å²) in [5.74, 6) is -2.82. The molecule has 308 valence electrons. The van der Waals surface area contributed by atoms with Crippen LogP contribution in [0.25, 0.3) is 10.8 Å². The lowest BCUT2D eigenvalue weighted by molar-refractivity contribution is 0.0642. The summed E-state index contributed by atoms with van der Waals surface area (Å²) in [6.45, 7) is 3.20. The van der Waals surface area contributed by atoms with E-state index >= 15 is 0 Å². The molecule has 17 nitrogen and oxygen atoms in total. The monoisotopic (exact) mass is 865 g/mol. The van der Waals surface area contributed by atoms with Crippen LogP contribution < -0.4 is 19.5 Å². The number of phenols is 1. The van der Waals surface area contributed by atoms with Gasteiger partial charge < -0.3 is 24.6 Å². The van der Waals surface area contributed by atoms with Crippen molar-refractivity contribution in [3.8, 4) is 23.0 Å². The number of nitrogens with one attached hydrogen (secondary N) is 1. The van der Waals surface area contributed by atoms with Gasteiger partial charge in [0, 0.05) is 24.5 Å². The van der Waals surface area contributed by atoms with Crippen molar-refractivity contribution >= 4 is 77.3 Å². The summed E-state index contributed by atoms with van der Waals surface area (Å²) in [7, 11) is -5.23. The van der Waals surface area contributed by atoms with Crippen LogP contribution in [0, 0.1) is 0 Å². The number of carbonyl (C=O) groups excluding carboxylic acids is 3. The Hall–Kier alpha value is -6.12. The molecular weight excluding hydrogens is 830 g/mol. The number of fused-ring (bicyclic) bond motifs is 2. The largest absolute Gasteiger partial charge is 0.505 e. The average Bonchev–Trinajstić information content (AvgIpc) is 3.44. The number of anilines is 1. The van der Waals surface area contributed by atoms with Crippen molar-refractivity contribution in [1.29, 1.82) is 0 Å². The van der Waals surface area contributed by atoms with Crippen LogP contribution in [0.1, 0.15) is 50.5 Å². The van der Waals surface area contributed by atoms with Gasteiger partial charge in [0.1, 0.15) is 33.5 Å². The third kappa shape index (κ3) is 8.02. The first kappa shape index (κ1) is 42.5. The van der Waals surface area contributed by atoms with E-state index in [1.165, 1.54) is 68.1 Å². The van der Waals surface area contributed by atoms with Crippen molar-refractivity contribution < 1.29 is 55.1 Å². The average molecular weight is 866 g/mol. The Balaban J connectivity index is 1.57. The van der Waals surface area contributed by atoms with Crippen LogP contribution in [-0.2, 0) is 26.7 Å². The Bertz CT molecular complexity index is 2780. The van der Waals surface area contributed by atoms with Crippen LogP contribution >= 0.6 is 11.6 Å². The molecule has 5 aromatic carbocycles. The molecular formula is C39H36ClN5O12S2. The second kappa shape index (κ2) is 16.6. The number of benzene rings is 5. The number of rotatable bonds is 14. The van der Waals surface area contributed by atoms with Gasteiger partial charge in [0.05, 0.1) is 60.2 Å². The molecule has 6 rings (SSSR count). The fourth-order valence-corrected chi connectivity index (χ4v) is 9.03. The predicted octanol–water partition coefficient (Wildman–Crippen LogP) is 6.97. The van der Waals surface area contributed by atoms with Crippen molar-refractivity contribution in [2.24, 2.45) is 10.2 Å². The summed E-state index contributed by atoms with van der Waals surface area (Å²) in [6, 6.07) is 16.1. The van der Waals surface area contributed by atoms with Crippen molar-refractivity contribution in [3.63, 3.8) is 0 Å². The summed E-state index contributed by atoms with van der Waals surface area (Å²) in [5, 5.41) is 22.2. The quantitative estimate of drug-likeness (QED) is 0.0584. The molecule has 0 saturated heterocycles. The molecule has 0 unspecified atom stereocenters. The molecule has 0 aliphatic carbocycles. The number of phenolic OH excluding ortho intramolecular Hbond substituents is 1. The molecule has 20 heteroatoms. The molecule has 1 aliphatic heterocycles. The minimum Gasteiger partial charge on any atom is -0.505 e. The van der Waals surface area contributed by atoms with E-state index in [4.69, 9.17) is 25.8 Å². The van der Waals surface area contributed by atoms with Gasteiger partial charge in [-0.25, -0.2) is 8.42 Å². The fourth-order valence-electron chi connectivity index (χ4n) is 6.54. The van der Waals surface area contributed by atoms with Crippen LogP contribution in [0.3, 0.4) is 0 Å². The lowest BCUT2D eigenvalue weighted by atomic mass is 10.00. The number of carbonyl (C=O) groups is 3. The number of nitrogens with zero attached hydrogens (tertiary/aromatic N) is 4. The normalized spacial score (nSPS) is 13.1. The minimum atomic E-state index is -5.20. The van der Waals surface area contributed by atoms with Gasteiger partial charge in [-0.05, 0) is 65.5 Å². The molecule has 0 fully saturated rings. The van der Waals surface area contributed by atoms with Crippen LogP contribution in [0.15, 0.2) is 92.8 Å². The van der Waals surface area contributed by atoms with E-state index in [-0.39, 0.29) is 73.7 Å². The number of halogens is 1. The number of amides is 3. The molecule has 5 aromatic rings. The summed E-state index contributed by atoms with van der Waals surface area (Å²) in [6.07, 6.45) is 0. The number of hydrogen-bond acceptors (Lipinski definition) is 13. The van der Waals surface area contributed by atoms with E-state index in [2.05, 4.69) is 15.5 Å². The zero-order chi connectivity index (χ0) is 43.0. The second-order valence-electron chi connectivity index (χ2n) is 12.8. The van der Waals surface area contributed by atoms with E-state index in [0.29, 0.717) is 0 Å². The predicted molar refractivity (Wildman–Crippen MR) is 216 cm³/mol. The Kier molecular flexibility index (Phi) is 12.0. The maximum Gasteiger partial charge on any atom is 0.295 e. The van der Waals surface area contributed by atoms with Gasteiger partial charge in [-0.1, -0.05) is 37.6 Å². The molecule has 59 heavy (non-hydrogen) atoms. The summed E-state index contributed by atoms with van der Waals surface area (Å²) >= 11 is 6.33. The van der Waals surface area contributed by atoms with Crippen molar-refractivity contribution in [3.05, 3.63) is 100 Å². The third-order valence-electron chi connectivity index (χ3n) is 9.42. The highest BCUT2D eigenvalue weighted by molar-refractivity contribution is 7.89. The first-order valence-corrected chi connectivity index (χ1v) is 20.8. The van der Waals surface area contributed by atoms with E-state index in [1.54, 1.807) is 26.0 Å². The van der Waals surface area contributed by atoms with Gasteiger partial charge in [-0.3, -0.25) is 23.8 Å². The molecule has 0 saturated carbocycles. The maximum absolute atomic E-state index is 14.0. The smallest absolute Gasteiger partial charge is 0.295 e. The zero-order valence-corrected chi connectivity index (χ0v) is 34.4. The van der Waals surface area contributed by atoms with E-state index < -0.39 is 71.7 Å². The second-order valence-corrected chi connectivity index (χ2v) is 16.5. The van der Waals surface area contributed by atoms with Crippen LogP contribution in [0.4, 0.5) is 17.1 Å². The highest BCUT2D eigenvalue weighted by Crippen LogP contribution is 2.45. The van der Waals surface area contributed by atoms with Crippen LogP contribution in [0.2, 0.25) is 5.02 Å². The molecule has 0 aromatic heterocycles. The molecule has 0 atom stereocenters. The van der Waals surface area contributed by atoms with Gasteiger partial charge in [-0.15, -0.1) is 10.2 Å². The number of sulfonamides is 1. The fraction of sp³-hybridized carbons (Fsp3) is 0.205. The highest BCUT2D eigenvalue weighted by atomic mass is 35.5. The number of ether oxygens (including phenoxy) is 3. The molecule has 1 heterocycles. The third-order valence-corrected chi connectivity index (χ3v) is 12.6. The van der Waals surface area contributed by atoms with Crippen molar-refractivity contribution in [2.45, 2.75) is 30.2 Å². The standard InChI is InChI=1S/C39H36ClN5O12S2/c1-6-44(7-2)58(50,51)23-12-13-30(55-3)29(17-23)42-43-35-34-22(16-26(36(35)46)37(47)41-28-18-27(40)31(56-4)19-32(28)57-5)14-21(15-33(34)59(52,53)54)20-45-38(48)24-10-8-9-11-25(24)39(45)49/h8-19,46H,6-7,20H2,1-5H3,(H,41,47)(H,52,53,54). The van der Waals surface area contributed by atoms with Gasteiger partial charge >= 0.3 is 0 Å². The lowest BCUT2D eigenvalue weighted by Crippen LogP contribution is -2.30. The minimum absolute atomic E-state index is 0.0270. The molecule has 0 spiro atoms. The number of imide groups is 1. The van der Waals surface area contributed by atoms with Crippen molar-refractivity contribution in [2.75, 3.05) is 39.7 Å². The van der Waals surface area contributed by atoms with Gasteiger partial charge in [0.15, 0.2) is 5.75 Å². The lowest BCUT2D eigenvalue weighted by Gasteiger charge is -2.19. The number of hydrogen-bond donors (Lipinski definition) is 3. The summed E-state index contributed by atoms with van der Waals surface area (Å²) in [4.78, 5) is 40.5. The Labute approximate surface area is 343 Å². The molecule has 3 amide bonds. The van der Waals surface area contributed by atoms with E-state index in [0.717, 1.165) is 23.1 Å². The molecule has 3 N–H and O–H groups in total. The number of aromatic hydroxyl groups is 1. The Morgan fingerprint density at radius 2 is 1.46 bits per heavy atom.